The lowest BCUT2D eigenvalue weighted by atomic mass is 9.89. The van der Waals surface area contributed by atoms with Crippen LogP contribution in [-0.4, -0.2) is 29.7 Å². The highest BCUT2D eigenvalue weighted by Gasteiger charge is 2.45. The van der Waals surface area contributed by atoms with E-state index in [0.717, 1.165) is 49.6 Å². The van der Waals surface area contributed by atoms with Gasteiger partial charge in [0.1, 0.15) is 5.60 Å². The molecule has 1 aliphatic carbocycles. The lowest BCUT2D eigenvalue weighted by Gasteiger charge is -2.33. The van der Waals surface area contributed by atoms with Crippen LogP contribution in [0.2, 0.25) is 0 Å². The number of hydrogen-bond acceptors (Lipinski definition) is 2. The molecule has 1 heterocycles. The first kappa shape index (κ1) is 14.7. The first-order valence-electron chi connectivity index (χ1n) is 7.76. The summed E-state index contributed by atoms with van der Waals surface area (Å²) in [6.07, 6.45) is 3.59. The number of carbonyl (C=O) groups is 1. The third kappa shape index (κ3) is 3.87. The van der Waals surface area contributed by atoms with E-state index >= 15 is 0 Å². The SMILES string of the molecule is CC(C)C1CC1C1CCN(C(=O)OC(C)(C)C)CC1. The number of likely N-dealkylation sites (tertiary alicyclic amines) is 1. The zero-order valence-corrected chi connectivity index (χ0v) is 13.1. The van der Waals surface area contributed by atoms with E-state index in [0.29, 0.717) is 0 Å². The Morgan fingerprint density at radius 1 is 1.21 bits per heavy atom. The zero-order valence-electron chi connectivity index (χ0n) is 13.1. The molecule has 3 heteroatoms. The van der Waals surface area contributed by atoms with Gasteiger partial charge in [-0.2, -0.15) is 0 Å². The van der Waals surface area contributed by atoms with E-state index in [-0.39, 0.29) is 11.7 Å². The molecule has 1 saturated carbocycles. The topological polar surface area (TPSA) is 29.5 Å². The van der Waals surface area contributed by atoms with Crippen LogP contribution >= 0.6 is 0 Å². The molecule has 1 aliphatic heterocycles. The highest BCUT2D eigenvalue weighted by Crippen LogP contribution is 2.51. The summed E-state index contributed by atoms with van der Waals surface area (Å²) >= 11 is 0. The highest BCUT2D eigenvalue weighted by molar-refractivity contribution is 5.68. The van der Waals surface area contributed by atoms with Crippen LogP contribution in [0.25, 0.3) is 0 Å². The van der Waals surface area contributed by atoms with Crippen molar-refractivity contribution in [2.75, 3.05) is 13.1 Å². The van der Waals surface area contributed by atoms with Gasteiger partial charge in [-0.3, -0.25) is 0 Å². The lowest BCUT2D eigenvalue weighted by Crippen LogP contribution is -2.42. The van der Waals surface area contributed by atoms with E-state index in [1.807, 2.05) is 25.7 Å². The van der Waals surface area contributed by atoms with Gasteiger partial charge in [-0.05, 0) is 63.7 Å². The molecule has 2 unspecified atom stereocenters. The van der Waals surface area contributed by atoms with Gasteiger partial charge in [0.15, 0.2) is 0 Å². The molecule has 2 atom stereocenters. The molecule has 2 rings (SSSR count). The maximum Gasteiger partial charge on any atom is 0.410 e. The van der Waals surface area contributed by atoms with Crippen LogP contribution in [0.3, 0.4) is 0 Å². The first-order chi connectivity index (χ1) is 8.78. The molecular weight excluding hydrogens is 238 g/mol. The third-order valence-corrected chi connectivity index (χ3v) is 4.54. The first-order valence-corrected chi connectivity index (χ1v) is 7.76. The minimum absolute atomic E-state index is 0.137. The molecule has 0 spiro atoms. The summed E-state index contributed by atoms with van der Waals surface area (Å²) in [7, 11) is 0. The predicted octanol–water partition coefficient (Wildman–Crippen LogP) is 3.93. The van der Waals surface area contributed by atoms with Gasteiger partial charge in [0.2, 0.25) is 0 Å². The highest BCUT2D eigenvalue weighted by atomic mass is 16.6. The third-order valence-electron chi connectivity index (χ3n) is 4.54. The molecule has 2 fully saturated rings. The Balaban J connectivity index is 1.75. The number of piperidine rings is 1. The molecular formula is C16H29NO2. The predicted molar refractivity (Wildman–Crippen MR) is 77.0 cm³/mol. The van der Waals surface area contributed by atoms with Crippen molar-refractivity contribution >= 4 is 6.09 Å². The van der Waals surface area contributed by atoms with Crippen LogP contribution in [0.5, 0.6) is 0 Å². The summed E-state index contributed by atoms with van der Waals surface area (Å²) < 4.78 is 5.43. The van der Waals surface area contributed by atoms with Gasteiger partial charge in [-0.25, -0.2) is 4.79 Å². The number of rotatable bonds is 2. The van der Waals surface area contributed by atoms with Crippen molar-refractivity contribution < 1.29 is 9.53 Å². The van der Waals surface area contributed by atoms with Crippen molar-refractivity contribution in [3.63, 3.8) is 0 Å². The smallest absolute Gasteiger partial charge is 0.410 e. The zero-order chi connectivity index (χ0) is 14.2. The Morgan fingerprint density at radius 2 is 1.79 bits per heavy atom. The van der Waals surface area contributed by atoms with Crippen molar-refractivity contribution in [2.24, 2.45) is 23.7 Å². The molecule has 1 saturated heterocycles. The average molecular weight is 267 g/mol. The molecule has 0 N–H and O–H groups in total. The van der Waals surface area contributed by atoms with Crippen LogP contribution in [-0.2, 0) is 4.74 Å². The fraction of sp³-hybridized carbons (Fsp3) is 0.938. The van der Waals surface area contributed by atoms with Crippen molar-refractivity contribution in [2.45, 2.75) is 59.5 Å². The van der Waals surface area contributed by atoms with Gasteiger partial charge in [0, 0.05) is 13.1 Å². The van der Waals surface area contributed by atoms with E-state index in [4.69, 9.17) is 4.74 Å². The number of hydrogen-bond donors (Lipinski definition) is 0. The van der Waals surface area contributed by atoms with Crippen molar-refractivity contribution in [3.8, 4) is 0 Å². The molecule has 0 aromatic rings. The van der Waals surface area contributed by atoms with E-state index in [1.54, 1.807) is 0 Å². The monoisotopic (exact) mass is 267 g/mol. The maximum absolute atomic E-state index is 12.0. The van der Waals surface area contributed by atoms with Gasteiger partial charge in [-0.15, -0.1) is 0 Å². The van der Waals surface area contributed by atoms with Gasteiger partial charge >= 0.3 is 6.09 Å². The van der Waals surface area contributed by atoms with Crippen molar-refractivity contribution in [1.82, 2.24) is 4.90 Å². The minimum atomic E-state index is -0.382. The average Bonchev–Trinajstić information content (AvgIpc) is 3.07. The van der Waals surface area contributed by atoms with Crippen LogP contribution < -0.4 is 0 Å². The Bertz CT molecular complexity index is 324. The Kier molecular flexibility index (Phi) is 4.12. The number of nitrogens with zero attached hydrogens (tertiary/aromatic N) is 1. The van der Waals surface area contributed by atoms with Gasteiger partial charge in [0.05, 0.1) is 0 Å². The van der Waals surface area contributed by atoms with Crippen molar-refractivity contribution in [3.05, 3.63) is 0 Å². The van der Waals surface area contributed by atoms with E-state index in [1.165, 1.54) is 6.42 Å². The Labute approximate surface area is 117 Å². The summed E-state index contributed by atoms with van der Waals surface area (Å²) in [5.41, 5.74) is -0.382. The summed E-state index contributed by atoms with van der Waals surface area (Å²) in [6, 6.07) is 0. The lowest BCUT2D eigenvalue weighted by molar-refractivity contribution is 0.0173. The molecule has 0 bridgehead atoms. The standard InChI is InChI=1S/C16H29NO2/c1-11(2)13-10-14(13)12-6-8-17(9-7-12)15(18)19-16(3,4)5/h11-14H,6-10H2,1-5H3. The molecule has 3 nitrogen and oxygen atoms in total. The molecule has 1 amide bonds. The van der Waals surface area contributed by atoms with Gasteiger partial charge in [0.25, 0.3) is 0 Å². The largest absolute Gasteiger partial charge is 0.444 e. The van der Waals surface area contributed by atoms with Crippen LogP contribution in [0.15, 0.2) is 0 Å². The Hall–Kier alpha value is -0.730. The number of carbonyl (C=O) groups excluding carboxylic acids is 1. The van der Waals surface area contributed by atoms with Crippen LogP contribution in [0.1, 0.15) is 53.9 Å². The minimum Gasteiger partial charge on any atom is -0.444 e. The van der Waals surface area contributed by atoms with Crippen LogP contribution in [0, 0.1) is 23.7 Å². The molecule has 0 aromatic carbocycles. The number of amides is 1. The maximum atomic E-state index is 12.0. The second-order valence-corrected chi connectivity index (χ2v) is 7.61. The second-order valence-electron chi connectivity index (χ2n) is 7.61. The molecule has 0 radical (unpaired) electrons. The Morgan fingerprint density at radius 3 is 2.21 bits per heavy atom. The number of ether oxygens (including phenoxy) is 1. The fourth-order valence-corrected chi connectivity index (χ4v) is 3.38. The van der Waals surface area contributed by atoms with Crippen molar-refractivity contribution in [1.29, 1.82) is 0 Å². The fourth-order valence-electron chi connectivity index (χ4n) is 3.38. The summed E-state index contributed by atoms with van der Waals surface area (Å²) in [5, 5.41) is 0. The second kappa shape index (κ2) is 5.34. The molecule has 19 heavy (non-hydrogen) atoms. The molecule has 110 valence electrons. The van der Waals surface area contributed by atoms with Gasteiger partial charge in [-0.1, -0.05) is 13.8 Å². The summed E-state index contributed by atoms with van der Waals surface area (Å²) in [4.78, 5) is 13.9. The normalized spacial score (nSPS) is 28.6. The summed E-state index contributed by atoms with van der Waals surface area (Å²) in [6.45, 7) is 12.2. The van der Waals surface area contributed by atoms with E-state index in [2.05, 4.69) is 13.8 Å². The van der Waals surface area contributed by atoms with Gasteiger partial charge < -0.3 is 9.64 Å². The van der Waals surface area contributed by atoms with E-state index < -0.39 is 0 Å². The molecule has 0 aromatic heterocycles. The van der Waals surface area contributed by atoms with Crippen LogP contribution in [0.4, 0.5) is 4.79 Å². The van der Waals surface area contributed by atoms with E-state index in [9.17, 15) is 4.79 Å². The quantitative estimate of drug-likeness (QED) is 0.758. The molecule has 2 aliphatic rings. The summed E-state index contributed by atoms with van der Waals surface area (Å²) in [5.74, 6) is 3.54.